The second-order valence-corrected chi connectivity index (χ2v) is 6.41. The van der Waals surface area contributed by atoms with E-state index in [0.717, 1.165) is 9.13 Å². The number of nitrogens with zero attached hydrogens (tertiary/aromatic N) is 1. The van der Waals surface area contributed by atoms with Crippen LogP contribution in [-0.4, -0.2) is 11.8 Å². The van der Waals surface area contributed by atoms with Crippen LogP contribution >= 0.6 is 22.6 Å². The maximum Gasteiger partial charge on any atom is 0.267 e. The van der Waals surface area contributed by atoms with Gasteiger partial charge in [-0.1, -0.05) is 0 Å². The molecule has 0 atom stereocenters. The van der Waals surface area contributed by atoms with Gasteiger partial charge in [-0.25, -0.2) is 0 Å². The number of primary amides is 1. The molecule has 6 nitrogen and oxygen atoms in total. The van der Waals surface area contributed by atoms with E-state index in [1.165, 1.54) is 6.20 Å². The Labute approximate surface area is 158 Å². The van der Waals surface area contributed by atoms with Gasteiger partial charge in [0.05, 0.1) is 0 Å². The van der Waals surface area contributed by atoms with Crippen LogP contribution in [0, 0.1) is 21.8 Å². The first-order valence-corrected chi connectivity index (χ1v) is 8.33. The van der Waals surface area contributed by atoms with Crippen molar-refractivity contribution >= 4 is 45.8 Å². The van der Waals surface area contributed by atoms with Gasteiger partial charge in [0.2, 0.25) is 5.91 Å². The summed E-state index contributed by atoms with van der Waals surface area (Å²) >= 11 is 2.19. The molecule has 2 rings (SSSR count). The highest BCUT2D eigenvalue weighted by Gasteiger charge is 2.11. The number of rotatable bonds is 5. The molecule has 0 heterocycles. The molecule has 0 unspecified atom stereocenters. The summed E-state index contributed by atoms with van der Waals surface area (Å²) in [7, 11) is 0. The van der Waals surface area contributed by atoms with Crippen LogP contribution in [0.4, 0.5) is 11.4 Å². The number of benzene rings is 2. The molecule has 0 aliphatic rings. The zero-order chi connectivity index (χ0) is 18.4. The fourth-order valence-electron chi connectivity index (χ4n) is 1.99. The molecule has 2 amide bonds. The van der Waals surface area contributed by atoms with Crippen molar-refractivity contribution in [3.05, 3.63) is 68.9 Å². The Balaban J connectivity index is 2.09. The van der Waals surface area contributed by atoms with Gasteiger partial charge in [0.1, 0.15) is 11.6 Å². The number of anilines is 2. The molecule has 0 fully saturated rings. The van der Waals surface area contributed by atoms with Crippen LogP contribution in [0.2, 0.25) is 0 Å². The lowest BCUT2D eigenvalue weighted by Gasteiger charge is -2.08. The molecule has 4 N–H and O–H groups in total. The molecule has 0 bridgehead atoms. The molecule has 0 radical (unpaired) electrons. The highest BCUT2D eigenvalue weighted by molar-refractivity contribution is 14.1. The lowest BCUT2D eigenvalue weighted by atomic mass is 10.2. The van der Waals surface area contributed by atoms with Crippen LogP contribution in [0.15, 0.2) is 54.2 Å². The Hall–Kier alpha value is -2.86. The van der Waals surface area contributed by atoms with Gasteiger partial charge < -0.3 is 16.4 Å². The molecule has 0 aromatic heterocycles. The number of carbonyl (C=O) groups excluding carboxylic acids is 2. The molecule has 0 aliphatic carbocycles. The predicted octanol–water partition coefficient (Wildman–Crippen LogP) is 3.16. The maximum atomic E-state index is 12.2. The monoisotopic (exact) mass is 446 g/mol. The summed E-state index contributed by atoms with van der Waals surface area (Å²) in [5.74, 6) is -1.03. The van der Waals surface area contributed by atoms with Crippen molar-refractivity contribution in [1.82, 2.24) is 0 Å². The van der Waals surface area contributed by atoms with E-state index in [1.807, 2.05) is 25.1 Å². The van der Waals surface area contributed by atoms with E-state index < -0.39 is 11.8 Å². The third-order valence-corrected chi connectivity index (χ3v) is 4.03. The highest BCUT2D eigenvalue weighted by Crippen LogP contribution is 2.18. The molecule has 0 aliphatic heterocycles. The van der Waals surface area contributed by atoms with Crippen molar-refractivity contribution in [3.63, 3.8) is 0 Å². The molecule has 0 saturated carbocycles. The zero-order valence-corrected chi connectivity index (χ0v) is 15.5. The van der Waals surface area contributed by atoms with Crippen LogP contribution in [0.1, 0.15) is 15.9 Å². The van der Waals surface area contributed by atoms with E-state index in [4.69, 9.17) is 5.73 Å². The van der Waals surface area contributed by atoms with E-state index in [-0.39, 0.29) is 5.57 Å². The molecular weight excluding hydrogens is 431 g/mol. The van der Waals surface area contributed by atoms with E-state index in [1.54, 1.807) is 30.3 Å². The molecule has 25 heavy (non-hydrogen) atoms. The quantitative estimate of drug-likeness (QED) is 0.373. The summed E-state index contributed by atoms with van der Waals surface area (Å²) in [6.45, 7) is 1.88. The van der Waals surface area contributed by atoms with Crippen molar-refractivity contribution < 1.29 is 9.59 Å². The summed E-state index contributed by atoms with van der Waals surface area (Å²) in [6.07, 6.45) is 1.32. The summed E-state index contributed by atoms with van der Waals surface area (Å²) in [6, 6.07) is 13.8. The molecule has 0 spiro atoms. The van der Waals surface area contributed by atoms with E-state index in [9.17, 15) is 14.9 Å². The average molecular weight is 446 g/mol. The SMILES string of the molecule is Cc1cc(I)ccc1NC(=O)/C(C#N)=C\Nc1ccc(C(N)=O)cc1. The molecule has 126 valence electrons. The number of nitriles is 1. The van der Waals surface area contributed by atoms with E-state index in [2.05, 4.69) is 33.2 Å². The van der Waals surface area contributed by atoms with Gasteiger partial charge >= 0.3 is 0 Å². The third kappa shape index (κ3) is 5.06. The topological polar surface area (TPSA) is 108 Å². The van der Waals surface area contributed by atoms with Crippen LogP contribution < -0.4 is 16.4 Å². The normalized spacial score (nSPS) is 10.7. The number of nitrogens with one attached hydrogen (secondary N) is 2. The molecule has 7 heteroatoms. The first-order valence-electron chi connectivity index (χ1n) is 7.25. The Kier molecular flexibility index (Phi) is 6.14. The number of nitrogens with two attached hydrogens (primary N) is 1. The smallest absolute Gasteiger partial charge is 0.267 e. The van der Waals surface area contributed by atoms with Crippen molar-refractivity contribution in [2.24, 2.45) is 5.73 Å². The average Bonchev–Trinajstić information content (AvgIpc) is 2.58. The van der Waals surface area contributed by atoms with E-state index >= 15 is 0 Å². The number of hydrogen-bond donors (Lipinski definition) is 3. The lowest BCUT2D eigenvalue weighted by Crippen LogP contribution is -2.15. The standard InChI is InChI=1S/C18H15IN4O2/c1-11-8-14(19)4-7-16(11)23-18(25)13(9-20)10-22-15-5-2-12(3-6-15)17(21)24/h2-8,10,22H,1H3,(H2,21,24)(H,23,25)/b13-10-. The Morgan fingerprint density at radius 1 is 1.20 bits per heavy atom. The molecule has 2 aromatic carbocycles. The van der Waals surface area contributed by atoms with Gasteiger partial charge in [0, 0.05) is 26.7 Å². The zero-order valence-electron chi connectivity index (χ0n) is 13.3. The maximum absolute atomic E-state index is 12.2. The van der Waals surface area contributed by atoms with Gasteiger partial charge in [0.15, 0.2) is 0 Å². The second kappa shape index (κ2) is 8.30. The van der Waals surface area contributed by atoms with Gasteiger partial charge in [-0.05, 0) is 77.5 Å². The van der Waals surface area contributed by atoms with Crippen LogP contribution in [0.25, 0.3) is 0 Å². The fraction of sp³-hybridized carbons (Fsp3) is 0.0556. The largest absolute Gasteiger partial charge is 0.366 e. The molecule has 0 saturated heterocycles. The number of carbonyl (C=O) groups is 2. The number of aryl methyl sites for hydroxylation is 1. The second-order valence-electron chi connectivity index (χ2n) is 5.17. The van der Waals surface area contributed by atoms with Gasteiger partial charge in [-0.3, -0.25) is 9.59 Å². The highest BCUT2D eigenvalue weighted by atomic mass is 127. The van der Waals surface area contributed by atoms with Crippen molar-refractivity contribution in [2.45, 2.75) is 6.92 Å². The van der Waals surface area contributed by atoms with Gasteiger partial charge in [-0.2, -0.15) is 5.26 Å². The third-order valence-electron chi connectivity index (χ3n) is 3.35. The molecular formula is C18H15IN4O2. The van der Waals surface area contributed by atoms with Crippen molar-refractivity contribution in [1.29, 1.82) is 5.26 Å². The van der Waals surface area contributed by atoms with Crippen molar-refractivity contribution in [2.75, 3.05) is 10.6 Å². The van der Waals surface area contributed by atoms with Crippen LogP contribution in [-0.2, 0) is 4.79 Å². The van der Waals surface area contributed by atoms with E-state index in [0.29, 0.717) is 16.9 Å². The first-order chi connectivity index (χ1) is 11.9. The Morgan fingerprint density at radius 2 is 1.88 bits per heavy atom. The minimum Gasteiger partial charge on any atom is -0.366 e. The number of amides is 2. The minimum atomic E-state index is -0.521. The predicted molar refractivity (Wildman–Crippen MR) is 105 cm³/mol. The lowest BCUT2D eigenvalue weighted by molar-refractivity contribution is -0.112. The summed E-state index contributed by atoms with van der Waals surface area (Å²) in [5, 5.41) is 14.8. The van der Waals surface area contributed by atoms with Gasteiger partial charge in [-0.15, -0.1) is 0 Å². The first kappa shape index (κ1) is 18.5. The Bertz CT molecular complexity index is 883. The Morgan fingerprint density at radius 3 is 2.44 bits per heavy atom. The molecule has 2 aromatic rings. The van der Waals surface area contributed by atoms with Crippen LogP contribution in [0.3, 0.4) is 0 Å². The summed E-state index contributed by atoms with van der Waals surface area (Å²) < 4.78 is 1.06. The fourth-order valence-corrected chi connectivity index (χ4v) is 2.64. The van der Waals surface area contributed by atoms with Crippen LogP contribution in [0.5, 0.6) is 0 Å². The van der Waals surface area contributed by atoms with Crippen molar-refractivity contribution in [3.8, 4) is 6.07 Å². The van der Waals surface area contributed by atoms with Gasteiger partial charge in [0.25, 0.3) is 5.91 Å². The number of halogens is 1. The number of hydrogen-bond acceptors (Lipinski definition) is 4. The summed E-state index contributed by atoms with van der Waals surface area (Å²) in [4.78, 5) is 23.3. The minimum absolute atomic E-state index is 0.0723. The summed E-state index contributed by atoms with van der Waals surface area (Å²) in [5.41, 5.74) is 7.66.